The summed E-state index contributed by atoms with van der Waals surface area (Å²) in [5, 5.41) is 7.21. The Labute approximate surface area is 177 Å². The van der Waals surface area contributed by atoms with Crippen molar-refractivity contribution in [1.82, 2.24) is 20.0 Å². The molecule has 30 heavy (non-hydrogen) atoms. The minimum Gasteiger partial charge on any atom is -0.483 e. The van der Waals surface area contributed by atoms with Crippen LogP contribution in [-0.2, 0) is 4.79 Å². The van der Waals surface area contributed by atoms with Crippen molar-refractivity contribution in [2.75, 3.05) is 32.8 Å². The molecule has 2 aromatic rings. The van der Waals surface area contributed by atoms with Crippen molar-refractivity contribution in [3.63, 3.8) is 0 Å². The molecule has 0 atom stereocenters. The highest BCUT2D eigenvalue weighted by Gasteiger charge is 2.30. The Kier molecular flexibility index (Phi) is 6.06. The molecule has 2 saturated heterocycles. The van der Waals surface area contributed by atoms with E-state index in [4.69, 9.17) is 4.74 Å². The van der Waals surface area contributed by atoms with Crippen LogP contribution in [0.4, 0.5) is 0 Å². The second-order valence-corrected chi connectivity index (χ2v) is 8.36. The standard InChI is InChI=1S/C23H30N4O3/c1-16-6-5-7-17(2)22(16)30-15-20(28)26-12-8-18(9-13-26)21-19(14-24-25-21)23(29)27-10-3-4-11-27/h5-7,14,18H,3-4,8-13,15H2,1-2H3,(H,24,25). The van der Waals surface area contributed by atoms with E-state index in [2.05, 4.69) is 10.2 Å². The number of amides is 2. The Morgan fingerprint density at radius 1 is 1.07 bits per heavy atom. The van der Waals surface area contributed by atoms with Gasteiger partial charge >= 0.3 is 0 Å². The normalized spacial score (nSPS) is 17.4. The zero-order chi connectivity index (χ0) is 21.1. The molecule has 3 heterocycles. The number of ether oxygens (including phenoxy) is 1. The van der Waals surface area contributed by atoms with E-state index >= 15 is 0 Å². The molecular weight excluding hydrogens is 380 g/mol. The number of aromatic amines is 1. The van der Waals surface area contributed by atoms with E-state index in [1.54, 1.807) is 6.20 Å². The number of carbonyl (C=O) groups excluding carboxylic acids is 2. The molecule has 1 N–H and O–H groups in total. The molecule has 1 aromatic carbocycles. The van der Waals surface area contributed by atoms with Crippen LogP contribution in [0.25, 0.3) is 0 Å². The molecule has 2 fully saturated rings. The first-order valence-electron chi connectivity index (χ1n) is 10.8. The summed E-state index contributed by atoms with van der Waals surface area (Å²) in [6.07, 6.45) is 5.44. The molecule has 7 heteroatoms. The van der Waals surface area contributed by atoms with Crippen molar-refractivity contribution in [1.29, 1.82) is 0 Å². The number of para-hydroxylation sites is 1. The lowest BCUT2D eigenvalue weighted by atomic mass is 9.91. The van der Waals surface area contributed by atoms with E-state index in [0.717, 1.165) is 61.3 Å². The number of aryl methyl sites for hydroxylation is 2. The summed E-state index contributed by atoms with van der Waals surface area (Å²) in [7, 11) is 0. The Morgan fingerprint density at radius 3 is 2.40 bits per heavy atom. The molecule has 2 aliphatic heterocycles. The van der Waals surface area contributed by atoms with Gasteiger partial charge < -0.3 is 14.5 Å². The number of benzene rings is 1. The van der Waals surface area contributed by atoms with Gasteiger partial charge in [-0.05, 0) is 50.7 Å². The maximum absolute atomic E-state index is 12.8. The predicted octanol–water partition coefficient (Wildman–Crippen LogP) is 3.05. The summed E-state index contributed by atoms with van der Waals surface area (Å²) < 4.78 is 5.83. The molecule has 0 spiro atoms. The number of rotatable bonds is 5. The van der Waals surface area contributed by atoms with Crippen molar-refractivity contribution in [3.8, 4) is 5.75 Å². The zero-order valence-electron chi connectivity index (χ0n) is 17.8. The molecular formula is C23H30N4O3. The van der Waals surface area contributed by atoms with E-state index in [0.29, 0.717) is 18.7 Å². The molecule has 1 aromatic heterocycles. The van der Waals surface area contributed by atoms with Gasteiger partial charge in [-0.1, -0.05) is 18.2 Å². The topological polar surface area (TPSA) is 78.5 Å². The van der Waals surface area contributed by atoms with Gasteiger partial charge in [0, 0.05) is 32.1 Å². The van der Waals surface area contributed by atoms with E-state index in [1.807, 2.05) is 41.8 Å². The summed E-state index contributed by atoms with van der Waals surface area (Å²) in [6.45, 7) is 7.02. The Bertz CT molecular complexity index is 889. The molecule has 2 aliphatic rings. The SMILES string of the molecule is Cc1cccc(C)c1OCC(=O)N1CCC(c2[nH]ncc2C(=O)N2CCCC2)CC1. The first-order chi connectivity index (χ1) is 14.5. The number of hydrogen-bond acceptors (Lipinski definition) is 4. The lowest BCUT2D eigenvalue weighted by Crippen LogP contribution is -2.41. The molecule has 4 rings (SSSR count). The highest BCUT2D eigenvalue weighted by Crippen LogP contribution is 2.30. The summed E-state index contributed by atoms with van der Waals surface area (Å²) in [6, 6.07) is 5.97. The van der Waals surface area contributed by atoms with Crippen LogP contribution >= 0.6 is 0 Å². The van der Waals surface area contributed by atoms with Gasteiger partial charge in [0.05, 0.1) is 17.5 Å². The number of aromatic nitrogens is 2. The average molecular weight is 411 g/mol. The van der Waals surface area contributed by atoms with Crippen LogP contribution in [0.2, 0.25) is 0 Å². The lowest BCUT2D eigenvalue weighted by molar-refractivity contribution is -0.134. The van der Waals surface area contributed by atoms with Crippen LogP contribution in [0.1, 0.15) is 58.8 Å². The van der Waals surface area contributed by atoms with Crippen LogP contribution in [0.3, 0.4) is 0 Å². The molecule has 0 saturated carbocycles. The smallest absolute Gasteiger partial charge is 0.260 e. The van der Waals surface area contributed by atoms with Gasteiger partial charge in [0.2, 0.25) is 0 Å². The second kappa shape index (κ2) is 8.90. The van der Waals surface area contributed by atoms with Crippen molar-refractivity contribution in [2.45, 2.75) is 45.4 Å². The summed E-state index contributed by atoms with van der Waals surface area (Å²) >= 11 is 0. The second-order valence-electron chi connectivity index (χ2n) is 8.36. The number of likely N-dealkylation sites (tertiary alicyclic amines) is 2. The van der Waals surface area contributed by atoms with Crippen LogP contribution in [0, 0.1) is 13.8 Å². The number of carbonyl (C=O) groups is 2. The van der Waals surface area contributed by atoms with E-state index in [9.17, 15) is 9.59 Å². The van der Waals surface area contributed by atoms with Gasteiger partial charge in [0.1, 0.15) is 5.75 Å². The highest BCUT2D eigenvalue weighted by atomic mass is 16.5. The first kappa shape index (κ1) is 20.4. The molecule has 0 aliphatic carbocycles. The fraction of sp³-hybridized carbons (Fsp3) is 0.522. The molecule has 0 unspecified atom stereocenters. The Morgan fingerprint density at radius 2 is 1.73 bits per heavy atom. The minimum atomic E-state index is 0.00841. The quantitative estimate of drug-likeness (QED) is 0.822. The summed E-state index contributed by atoms with van der Waals surface area (Å²) in [5.41, 5.74) is 3.69. The third-order valence-electron chi connectivity index (χ3n) is 6.30. The fourth-order valence-corrected chi connectivity index (χ4v) is 4.54. The van der Waals surface area contributed by atoms with E-state index < -0.39 is 0 Å². The third-order valence-corrected chi connectivity index (χ3v) is 6.30. The monoisotopic (exact) mass is 410 g/mol. The molecule has 7 nitrogen and oxygen atoms in total. The third kappa shape index (κ3) is 4.20. The van der Waals surface area contributed by atoms with Crippen LogP contribution in [0.5, 0.6) is 5.75 Å². The van der Waals surface area contributed by atoms with Gasteiger partial charge in [-0.25, -0.2) is 0 Å². The molecule has 0 bridgehead atoms. The first-order valence-corrected chi connectivity index (χ1v) is 10.8. The van der Waals surface area contributed by atoms with Gasteiger partial charge in [0.15, 0.2) is 6.61 Å². The van der Waals surface area contributed by atoms with Crippen molar-refractivity contribution in [3.05, 3.63) is 46.8 Å². The van der Waals surface area contributed by atoms with Crippen molar-refractivity contribution >= 4 is 11.8 Å². The minimum absolute atomic E-state index is 0.00841. The number of nitrogens with zero attached hydrogens (tertiary/aromatic N) is 3. The van der Waals surface area contributed by atoms with Crippen LogP contribution in [-0.4, -0.2) is 64.6 Å². The van der Waals surface area contributed by atoms with Crippen LogP contribution < -0.4 is 4.74 Å². The predicted molar refractivity (Wildman–Crippen MR) is 114 cm³/mol. The van der Waals surface area contributed by atoms with Gasteiger partial charge in [-0.3, -0.25) is 14.7 Å². The maximum atomic E-state index is 12.8. The number of H-pyrrole nitrogens is 1. The summed E-state index contributed by atoms with van der Waals surface area (Å²) in [5.74, 6) is 1.10. The molecule has 160 valence electrons. The Balaban J connectivity index is 1.33. The maximum Gasteiger partial charge on any atom is 0.260 e. The summed E-state index contributed by atoms with van der Waals surface area (Å²) in [4.78, 5) is 29.2. The van der Waals surface area contributed by atoms with Crippen molar-refractivity contribution < 1.29 is 14.3 Å². The Hall–Kier alpha value is -2.83. The largest absolute Gasteiger partial charge is 0.483 e. The highest BCUT2D eigenvalue weighted by molar-refractivity contribution is 5.95. The molecule has 2 amide bonds. The number of nitrogens with one attached hydrogen (secondary N) is 1. The van der Waals surface area contributed by atoms with Crippen molar-refractivity contribution in [2.24, 2.45) is 0 Å². The van der Waals surface area contributed by atoms with Gasteiger partial charge in [-0.15, -0.1) is 0 Å². The van der Waals surface area contributed by atoms with Crippen LogP contribution in [0.15, 0.2) is 24.4 Å². The number of hydrogen-bond donors (Lipinski definition) is 1. The zero-order valence-corrected chi connectivity index (χ0v) is 17.8. The number of piperidine rings is 1. The van der Waals surface area contributed by atoms with E-state index in [1.165, 1.54) is 0 Å². The van der Waals surface area contributed by atoms with E-state index in [-0.39, 0.29) is 24.3 Å². The molecule has 0 radical (unpaired) electrons. The lowest BCUT2D eigenvalue weighted by Gasteiger charge is -2.32. The van der Waals surface area contributed by atoms with Gasteiger partial charge in [0.25, 0.3) is 11.8 Å². The average Bonchev–Trinajstić information content (AvgIpc) is 3.45. The van der Waals surface area contributed by atoms with Gasteiger partial charge in [-0.2, -0.15) is 5.10 Å². The fourth-order valence-electron chi connectivity index (χ4n) is 4.54.